The number of benzene rings is 1. The number of aryl methyl sites for hydroxylation is 2. The number of aromatic nitrogens is 2. The Kier molecular flexibility index (Phi) is 4.07. The molecule has 6 nitrogen and oxygen atoms in total. The van der Waals surface area contributed by atoms with Crippen molar-refractivity contribution in [3.8, 4) is 17.4 Å². The minimum Gasteiger partial charge on any atom is -0.464 e. The van der Waals surface area contributed by atoms with Gasteiger partial charge in [-0.15, -0.1) is 0 Å². The van der Waals surface area contributed by atoms with Gasteiger partial charge in [0.05, 0.1) is 18.4 Å². The fraction of sp³-hybridized carbons (Fsp3) is 0.158. The number of carbonyl (C=O) groups is 1. The highest BCUT2D eigenvalue weighted by Crippen LogP contribution is 2.26. The van der Waals surface area contributed by atoms with Gasteiger partial charge in [-0.25, -0.2) is 4.79 Å². The van der Waals surface area contributed by atoms with Gasteiger partial charge >= 0.3 is 5.97 Å². The van der Waals surface area contributed by atoms with Gasteiger partial charge < -0.3 is 19.6 Å². The summed E-state index contributed by atoms with van der Waals surface area (Å²) in [6, 6.07) is 13.8. The zero-order chi connectivity index (χ0) is 18.1. The molecule has 0 fully saturated rings. The lowest BCUT2D eigenvalue weighted by atomic mass is 10.2. The Morgan fingerprint density at radius 1 is 1.16 bits per heavy atom. The van der Waals surface area contributed by atoms with Gasteiger partial charge in [-0.1, -0.05) is 6.07 Å². The van der Waals surface area contributed by atoms with Gasteiger partial charge in [0.2, 0.25) is 0 Å². The maximum Gasteiger partial charge on any atom is 0.357 e. The molecule has 6 heteroatoms. The smallest absolute Gasteiger partial charge is 0.357 e. The highest BCUT2D eigenvalue weighted by molar-refractivity contribution is 5.96. The van der Waals surface area contributed by atoms with Crippen LogP contribution < -0.4 is 5.73 Å². The van der Waals surface area contributed by atoms with Crippen molar-refractivity contribution in [1.29, 1.82) is 5.26 Å². The molecule has 126 valence electrons. The number of hydrogen-bond acceptors (Lipinski definition) is 4. The fourth-order valence-corrected chi connectivity index (χ4v) is 2.98. The van der Waals surface area contributed by atoms with E-state index in [-0.39, 0.29) is 16.9 Å². The molecule has 0 saturated heterocycles. The van der Waals surface area contributed by atoms with Gasteiger partial charge in [0.15, 0.2) is 5.69 Å². The van der Waals surface area contributed by atoms with E-state index in [1.54, 1.807) is 10.8 Å². The molecule has 0 amide bonds. The van der Waals surface area contributed by atoms with Gasteiger partial charge in [-0.2, -0.15) is 5.26 Å². The van der Waals surface area contributed by atoms with E-state index in [9.17, 15) is 10.1 Å². The molecular formula is C19H18N4O2. The topological polar surface area (TPSA) is 86.0 Å². The molecule has 0 unspecified atom stereocenters. The van der Waals surface area contributed by atoms with Crippen LogP contribution in [0.2, 0.25) is 0 Å². The lowest BCUT2D eigenvalue weighted by molar-refractivity contribution is 0.0593. The molecular weight excluding hydrogens is 316 g/mol. The predicted molar refractivity (Wildman–Crippen MR) is 95.0 cm³/mol. The normalized spacial score (nSPS) is 10.5. The molecule has 25 heavy (non-hydrogen) atoms. The summed E-state index contributed by atoms with van der Waals surface area (Å²) in [6.07, 6.45) is 1.55. The van der Waals surface area contributed by atoms with E-state index in [0.717, 1.165) is 22.8 Å². The first-order valence-electron chi connectivity index (χ1n) is 7.73. The van der Waals surface area contributed by atoms with Crippen molar-refractivity contribution < 1.29 is 9.53 Å². The van der Waals surface area contributed by atoms with Crippen LogP contribution in [0.1, 0.15) is 27.4 Å². The van der Waals surface area contributed by atoms with Crippen LogP contribution >= 0.6 is 0 Å². The van der Waals surface area contributed by atoms with Crippen molar-refractivity contribution in [2.75, 3.05) is 12.8 Å². The van der Waals surface area contributed by atoms with Crippen LogP contribution in [0.15, 0.2) is 42.6 Å². The summed E-state index contributed by atoms with van der Waals surface area (Å²) in [5.41, 5.74) is 10.4. The summed E-state index contributed by atoms with van der Waals surface area (Å²) >= 11 is 0. The van der Waals surface area contributed by atoms with Gasteiger partial charge in [0.25, 0.3) is 0 Å². The first-order chi connectivity index (χ1) is 12.0. The number of nitrogens with zero attached hydrogens (tertiary/aromatic N) is 3. The molecule has 2 N–H and O–H groups in total. The largest absolute Gasteiger partial charge is 0.464 e. The number of carbonyl (C=O) groups excluding carboxylic acids is 1. The quantitative estimate of drug-likeness (QED) is 0.746. The number of methoxy groups -OCH3 is 1. The summed E-state index contributed by atoms with van der Waals surface area (Å²) in [5.74, 6) is -0.585. The average molecular weight is 334 g/mol. The van der Waals surface area contributed by atoms with Gasteiger partial charge in [-0.05, 0) is 44.2 Å². The van der Waals surface area contributed by atoms with Crippen LogP contribution in [0, 0.1) is 25.2 Å². The lowest BCUT2D eigenvalue weighted by Crippen LogP contribution is -2.11. The highest BCUT2D eigenvalue weighted by atomic mass is 16.5. The van der Waals surface area contributed by atoms with Gasteiger partial charge in [0, 0.05) is 29.0 Å². The van der Waals surface area contributed by atoms with Gasteiger partial charge in [0.1, 0.15) is 6.07 Å². The van der Waals surface area contributed by atoms with Crippen LogP contribution in [0.25, 0.3) is 11.4 Å². The molecule has 0 aliphatic carbocycles. The Balaban J connectivity index is 2.21. The number of nitrogens with two attached hydrogens (primary N) is 1. The van der Waals surface area contributed by atoms with Crippen LogP contribution in [0.5, 0.6) is 0 Å². The number of esters is 1. The molecule has 2 heterocycles. The zero-order valence-electron chi connectivity index (χ0n) is 14.3. The Hall–Kier alpha value is -3.46. The Morgan fingerprint density at radius 3 is 2.40 bits per heavy atom. The summed E-state index contributed by atoms with van der Waals surface area (Å²) in [5, 5.41) is 9.24. The van der Waals surface area contributed by atoms with Crippen LogP contribution in [-0.2, 0) is 4.74 Å². The molecule has 0 atom stereocenters. The van der Waals surface area contributed by atoms with E-state index in [0.29, 0.717) is 0 Å². The Labute approximate surface area is 145 Å². The second kappa shape index (κ2) is 6.21. The predicted octanol–water partition coefficient (Wildman–Crippen LogP) is 3.13. The molecule has 0 radical (unpaired) electrons. The zero-order valence-corrected chi connectivity index (χ0v) is 14.3. The van der Waals surface area contributed by atoms with Crippen molar-refractivity contribution in [2.45, 2.75) is 13.8 Å². The van der Waals surface area contributed by atoms with Crippen LogP contribution in [0.4, 0.5) is 5.69 Å². The highest BCUT2D eigenvalue weighted by Gasteiger charge is 2.21. The van der Waals surface area contributed by atoms with Crippen LogP contribution in [0.3, 0.4) is 0 Å². The second-order valence-electron chi connectivity index (χ2n) is 5.75. The van der Waals surface area contributed by atoms with E-state index in [1.165, 1.54) is 7.11 Å². The molecule has 0 bridgehead atoms. The summed E-state index contributed by atoms with van der Waals surface area (Å²) < 4.78 is 8.53. The first kappa shape index (κ1) is 16.4. The van der Waals surface area contributed by atoms with Crippen LogP contribution in [-0.4, -0.2) is 22.2 Å². The molecule has 0 spiro atoms. The number of rotatable bonds is 3. The maximum atomic E-state index is 12.1. The third-order valence-corrected chi connectivity index (χ3v) is 4.18. The second-order valence-corrected chi connectivity index (χ2v) is 5.75. The van der Waals surface area contributed by atoms with Gasteiger partial charge in [-0.3, -0.25) is 0 Å². The molecule has 3 aromatic rings. The number of nitriles is 1. The van der Waals surface area contributed by atoms with Crippen molar-refractivity contribution in [2.24, 2.45) is 0 Å². The molecule has 2 aromatic heterocycles. The van der Waals surface area contributed by atoms with E-state index >= 15 is 0 Å². The minimum atomic E-state index is -0.585. The van der Waals surface area contributed by atoms with Crippen molar-refractivity contribution >= 4 is 11.7 Å². The van der Waals surface area contributed by atoms with Crippen molar-refractivity contribution in [1.82, 2.24) is 9.13 Å². The Bertz CT molecular complexity index is 986. The Morgan fingerprint density at radius 2 is 1.80 bits per heavy atom. The number of anilines is 1. The number of nitrogen functional groups attached to an aromatic ring is 1. The SMILES string of the molecule is COC(=O)c1c(N)c(C#N)cn1-c1cccc(-n2c(C)ccc2C)c1. The first-order valence-corrected chi connectivity index (χ1v) is 7.73. The molecule has 3 rings (SSSR count). The fourth-order valence-electron chi connectivity index (χ4n) is 2.98. The molecule has 0 saturated carbocycles. The minimum absolute atomic E-state index is 0.119. The summed E-state index contributed by atoms with van der Waals surface area (Å²) in [7, 11) is 1.29. The maximum absolute atomic E-state index is 12.1. The van der Waals surface area contributed by atoms with E-state index in [2.05, 4.69) is 4.57 Å². The molecule has 1 aromatic carbocycles. The summed E-state index contributed by atoms with van der Waals surface area (Å²) in [4.78, 5) is 12.1. The van der Waals surface area contributed by atoms with E-state index in [1.807, 2.05) is 56.3 Å². The monoisotopic (exact) mass is 334 g/mol. The lowest BCUT2D eigenvalue weighted by Gasteiger charge is -2.13. The van der Waals surface area contributed by atoms with E-state index in [4.69, 9.17) is 10.5 Å². The van der Waals surface area contributed by atoms with E-state index < -0.39 is 5.97 Å². The van der Waals surface area contributed by atoms with Crippen molar-refractivity contribution in [3.63, 3.8) is 0 Å². The standard InChI is InChI=1S/C19H18N4O2/c1-12-7-8-13(2)23(12)16-6-4-5-15(9-16)22-11-14(10-20)17(21)18(22)19(24)25-3/h4-9,11H,21H2,1-3H3. The summed E-state index contributed by atoms with van der Waals surface area (Å²) in [6.45, 7) is 4.06. The molecule has 0 aliphatic rings. The number of ether oxygens (including phenoxy) is 1. The average Bonchev–Trinajstić information content (AvgIpc) is 3.13. The third kappa shape index (κ3) is 2.66. The third-order valence-electron chi connectivity index (χ3n) is 4.18. The number of hydrogen-bond donors (Lipinski definition) is 1. The van der Waals surface area contributed by atoms with Crippen molar-refractivity contribution in [3.05, 3.63) is 65.2 Å². The molecule has 0 aliphatic heterocycles.